The molecule has 2 aromatic heterocycles. The maximum atomic E-state index is 4.09. The van der Waals surface area contributed by atoms with Crippen molar-refractivity contribution in [2.75, 3.05) is 5.32 Å². The molecule has 2 aromatic rings. The van der Waals surface area contributed by atoms with Gasteiger partial charge < -0.3 is 5.32 Å². The zero-order valence-corrected chi connectivity index (χ0v) is 7.31. The number of hydrogen-bond acceptors (Lipinski definition) is 4. The minimum absolute atomic E-state index is 0.601. The second-order valence-corrected chi connectivity index (χ2v) is 2.96. The number of rotatable bonds is 1. The fraction of sp³-hybridized carbons (Fsp3) is 0. The molecule has 1 aliphatic heterocycles. The smallest absolute Gasteiger partial charge is 0.256 e. The Bertz CT molecular complexity index is 551. The maximum Gasteiger partial charge on any atom is 0.256 e. The third-order valence-electron chi connectivity index (χ3n) is 2.12. The molecule has 0 unspecified atom stereocenters. The van der Waals surface area contributed by atoms with Crippen molar-refractivity contribution in [3.8, 4) is 0 Å². The topological polar surface area (TPSA) is 55.1 Å². The molecule has 1 aliphatic rings. The number of hydrogen-bond donors (Lipinski definition) is 1. The van der Waals surface area contributed by atoms with E-state index in [1.54, 1.807) is 12.3 Å². The van der Waals surface area contributed by atoms with Crippen LogP contribution in [0.3, 0.4) is 0 Å². The molecule has 0 aliphatic carbocycles. The number of aromatic nitrogens is 4. The predicted octanol–water partition coefficient (Wildman–Crippen LogP) is 1.08. The van der Waals surface area contributed by atoms with E-state index in [0.717, 1.165) is 11.4 Å². The van der Waals surface area contributed by atoms with Gasteiger partial charge in [-0.2, -0.15) is 0 Å². The SMILES string of the molecule is C=CC1=Cc2ccnc3nnc(n23)N1. The highest BCUT2D eigenvalue weighted by Crippen LogP contribution is 2.19. The van der Waals surface area contributed by atoms with Crippen LogP contribution in [-0.4, -0.2) is 19.6 Å². The van der Waals surface area contributed by atoms with Crippen LogP contribution >= 0.6 is 0 Å². The second kappa shape index (κ2) is 2.41. The van der Waals surface area contributed by atoms with Gasteiger partial charge in [0.15, 0.2) is 0 Å². The Kier molecular flexibility index (Phi) is 1.25. The third kappa shape index (κ3) is 0.806. The summed E-state index contributed by atoms with van der Waals surface area (Å²) in [7, 11) is 0. The van der Waals surface area contributed by atoms with Crippen molar-refractivity contribution in [1.29, 1.82) is 0 Å². The largest absolute Gasteiger partial charge is 0.324 e. The Morgan fingerprint density at radius 1 is 1.43 bits per heavy atom. The van der Waals surface area contributed by atoms with Crippen LogP contribution < -0.4 is 5.32 Å². The minimum Gasteiger partial charge on any atom is -0.324 e. The zero-order chi connectivity index (χ0) is 9.54. The van der Waals surface area contributed by atoms with E-state index >= 15 is 0 Å². The molecule has 5 heteroatoms. The van der Waals surface area contributed by atoms with Crippen LogP contribution in [-0.2, 0) is 0 Å². The highest BCUT2D eigenvalue weighted by atomic mass is 15.4. The molecule has 0 saturated heterocycles. The van der Waals surface area contributed by atoms with Crippen molar-refractivity contribution in [2.24, 2.45) is 0 Å². The highest BCUT2D eigenvalue weighted by Gasteiger charge is 2.13. The average Bonchev–Trinajstić information content (AvgIpc) is 2.64. The van der Waals surface area contributed by atoms with Crippen LogP contribution in [0.15, 0.2) is 30.6 Å². The summed E-state index contributed by atoms with van der Waals surface area (Å²) < 4.78 is 1.85. The van der Waals surface area contributed by atoms with E-state index in [-0.39, 0.29) is 0 Å². The zero-order valence-electron chi connectivity index (χ0n) is 7.31. The van der Waals surface area contributed by atoms with Crippen molar-refractivity contribution in [3.05, 3.63) is 36.3 Å². The van der Waals surface area contributed by atoms with E-state index in [1.165, 1.54) is 0 Å². The highest BCUT2D eigenvalue weighted by molar-refractivity contribution is 5.65. The van der Waals surface area contributed by atoms with Gasteiger partial charge in [-0.1, -0.05) is 6.58 Å². The summed E-state index contributed by atoms with van der Waals surface area (Å²) in [5.41, 5.74) is 1.92. The Balaban J connectivity index is 2.40. The Hall–Kier alpha value is -2.17. The van der Waals surface area contributed by atoms with Gasteiger partial charge in [0, 0.05) is 11.9 Å². The molecule has 3 rings (SSSR count). The molecular formula is C9H7N5. The summed E-state index contributed by atoms with van der Waals surface area (Å²) in [6.07, 6.45) is 5.42. The lowest BCUT2D eigenvalue weighted by Gasteiger charge is -2.12. The molecule has 68 valence electrons. The van der Waals surface area contributed by atoms with Gasteiger partial charge in [-0.3, -0.25) is 0 Å². The van der Waals surface area contributed by atoms with Crippen LogP contribution in [0.1, 0.15) is 5.69 Å². The molecule has 0 aromatic carbocycles. The average molecular weight is 185 g/mol. The predicted molar refractivity (Wildman–Crippen MR) is 52.6 cm³/mol. The second-order valence-electron chi connectivity index (χ2n) is 2.96. The number of anilines is 1. The van der Waals surface area contributed by atoms with Gasteiger partial charge in [0.2, 0.25) is 5.95 Å². The molecule has 0 saturated carbocycles. The van der Waals surface area contributed by atoms with Crippen LogP contribution in [0.25, 0.3) is 11.9 Å². The van der Waals surface area contributed by atoms with E-state index in [4.69, 9.17) is 0 Å². The van der Waals surface area contributed by atoms with Crippen molar-refractivity contribution in [2.45, 2.75) is 0 Å². The van der Waals surface area contributed by atoms with Crippen molar-refractivity contribution in [3.63, 3.8) is 0 Å². The minimum atomic E-state index is 0.601. The molecule has 0 spiro atoms. The Labute approximate surface area is 79.8 Å². The number of allylic oxidation sites excluding steroid dienone is 1. The third-order valence-corrected chi connectivity index (χ3v) is 2.12. The first-order valence-electron chi connectivity index (χ1n) is 4.20. The molecule has 0 fully saturated rings. The van der Waals surface area contributed by atoms with Gasteiger partial charge in [-0.05, 0) is 18.2 Å². The lowest BCUT2D eigenvalue weighted by Crippen LogP contribution is -2.08. The first-order chi connectivity index (χ1) is 6.88. The van der Waals surface area contributed by atoms with Gasteiger partial charge >= 0.3 is 0 Å². The van der Waals surface area contributed by atoms with Crippen LogP contribution in [0.5, 0.6) is 0 Å². The standard InChI is InChI=1S/C9H7N5/c1-2-6-5-7-3-4-10-8-12-13-9(11-6)14(7)8/h2-5H,1H2,(H,11,13). The molecule has 3 heterocycles. The van der Waals surface area contributed by atoms with Crippen LogP contribution in [0.2, 0.25) is 0 Å². The fourth-order valence-electron chi connectivity index (χ4n) is 1.48. The summed E-state index contributed by atoms with van der Waals surface area (Å²) in [6, 6.07) is 1.91. The molecule has 0 bridgehead atoms. The molecule has 0 atom stereocenters. The Morgan fingerprint density at radius 3 is 3.21 bits per heavy atom. The first-order valence-corrected chi connectivity index (χ1v) is 4.20. The molecule has 1 N–H and O–H groups in total. The van der Waals surface area contributed by atoms with E-state index in [1.807, 2.05) is 16.5 Å². The first kappa shape index (κ1) is 7.25. The van der Waals surface area contributed by atoms with E-state index < -0.39 is 0 Å². The quantitative estimate of drug-likeness (QED) is 0.722. The van der Waals surface area contributed by atoms with Gasteiger partial charge in [0.05, 0.1) is 5.69 Å². The normalized spacial score (nSPS) is 13.6. The monoisotopic (exact) mass is 185 g/mol. The summed E-state index contributed by atoms with van der Waals surface area (Å²) >= 11 is 0. The lowest BCUT2D eigenvalue weighted by atomic mass is 10.3. The molecule has 14 heavy (non-hydrogen) atoms. The summed E-state index contributed by atoms with van der Waals surface area (Å²) in [5, 5.41) is 11.0. The van der Waals surface area contributed by atoms with Crippen LogP contribution in [0.4, 0.5) is 5.95 Å². The fourth-order valence-corrected chi connectivity index (χ4v) is 1.48. The number of nitrogens with one attached hydrogen (secondary N) is 1. The van der Waals surface area contributed by atoms with E-state index in [2.05, 4.69) is 27.1 Å². The van der Waals surface area contributed by atoms with Gasteiger partial charge in [0.25, 0.3) is 5.78 Å². The summed E-state index contributed by atoms with van der Waals surface area (Å²) in [6.45, 7) is 3.70. The van der Waals surface area contributed by atoms with Gasteiger partial charge in [-0.25, -0.2) is 9.38 Å². The van der Waals surface area contributed by atoms with E-state index in [0.29, 0.717) is 11.7 Å². The van der Waals surface area contributed by atoms with Crippen molar-refractivity contribution in [1.82, 2.24) is 19.6 Å². The molecule has 0 radical (unpaired) electrons. The van der Waals surface area contributed by atoms with Crippen molar-refractivity contribution >= 4 is 17.8 Å². The van der Waals surface area contributed by atoms with Gasteiger partial charge in [0.1, 0.15) is 0 Å². The summed E-state index contributed by atoms with van der Waals surface area (Å²) in [5.74, 6) is 1.28. The molecule has 0 amide bonds. The van der Waals surface area contributed by atoms with Gasteiger partial charge in [-0.15, -0.1) is 10.2 Å². The number of nitrogens with zero attached hydrogens (tertiary/aromatic N) is 4. The van der Waals surface area contributed by atoms with E-state index in [9.17, 15) is 0 Å². The molecule has 5 nitrogen and oxygen atoms in total. The van der Waals surface area contributed by atoms with Crippen LogP contribution in [0, 0.1) is 0 Å². The lowest BCUT2D eigenvalue weighted by molar-refractivity contribution is 1.07. The van der Waals surface area contributed by atoms with Crippen molar-refractivity contribution < 1.29 is 0 Å². The summed E-state index contributed by atoms with van der Waals surface area (Å²) in [4.78, 5) is 4.09. The molecular weight excluding hydrogens is 178 g/mol. The maximum absolute atomic E-state index is 4.09. The Morgan fingerprint density at radius 2 is 2.36 bits per heavy atom.